The summed E-state index contributed by atoms with van der Waals surface area (Å²) in [4.78, 5) is 27.0. The predicted molar refractivity (Wildman–Crippen MR) is 80.9 cm³/mol. The number of nitrogens with one attached hydrogen (secondary N) is 1. The van der Waals surface area contributed by atoms with Gasteiger partial charge in [0.05, 0.1) is 0 Å². The average Bonchev–Trinajstić information content (AvgIpc) is 2.46. The number of amides is 1. The number of carbonyl (C=O) groups is 2. The van der Waals surface area contributed by atoms with E-state index in [9.17, 15) is 9.59 Å². The highest BCUT2D eigenvalue weighted by Crippen LogP contribution is 2.24. The van der Waals surface area contributed by atoms with Crippen LogP contribution in [0.1, 0.15) is 23.0 Å². The van der Waals surface area contributed by atoms with Gasteiger partial charge in [-0.1, -0.05) is 28.1 Å². The summed E-state index contributed by atoms with van der Waals surface area (Å²) in [5, 5.41) is 2.74. The predicted octanol–water partition coefficient (Wildman–Crippen LogP) is 2.70. The van der Waals surface area contributed by atoms with Crippen LogP contribution in [0.25, 0.3) is 0 Å². The van der Waals surface area contributed by atoms with E-state index in [4.69, 9.17) is 4.74 Å². The minimum atomic E-state index is -0.412. The maximum Gasteiger partial charge on any atom is 0.308 e. The summed E-state index contributed by atoms with van der Waals surface area (Å²) in [5.74, 6) is -0.282. The van der Waals surface area contributed by atoms with E-state index in [1.807, 2.05) is 6.07 Å². The molecule has 21 heavy (non-hydrogen) atoms. The van der Waals surface area contributed by atoms with Crippen LogP contribution in [-0.4, -0.2) is 16.9 Å². The molecule has 2 rings (SSSR count). The fourth-order valence-electron chi connectivity index (χ4n) is 1.69. The Morgan fingerprint density at radius 2 is 2.10 bits per heavy atom. The van der Waals surface area contributed by atoms with Crippen molar-refractivity contribution in [2.75, 3.05) is 0 Å². The van der Waals surface area contributed by atoms with E-state index in [2.05, 4.69) is 26.2 Å². The maximum absolute atomic E-state index is 11.9. The van der Waals surface area contributed by atoms with Gasteiger partial charge in [-0.2, -0.15) is 0 Å². The second kappa shape index (κ2) is 6.99. The third-order valence-electron chi connectivity index (χ3n) is 2.62. The Bertz CT molecular complexity index is 659. The van der Waals surface area contributed by atoms with Gasteiger partial charge in [-0.05, 0) is 24.3 Å². The number of hydrogen-bond donors (Lipinski definition) is 1. The van der Waals surface area contributed by atoms with Gasteiger partial charge in [0.25, 0.3) is 5.91 Å². The summed E-state index contributed by atoms with van der Waals surface area (Å²) in [6.45, 7) is 1.57. The molecule has 0 saturated heterocycles. The highest BCUT2D eigenvalue weighted by molar-refractivity contribution is 9.10. The van der Waals surface area contributed by atoms with E-state index in [-0.39, 0.29) is 12.5 Å². The van der Waals surface area contributed by atoms with Crippen molar-refractivity contribution in [1.82, 2.24) is 10.3 Å². The van der Waals surface area contributed by atoms with E-state index >= 15 is 0 Å². The fraction of sp³-hybridized carbons (Fsp3) is 0.133. The Morgan fingerprint density at radius 3 is 2.76 bits per heavy atom. The zero-order valence-corrected chi connectivity index (χ0v) is 12.9. The smallest absolute Gasteiger partial charge is 0.308 e. The Morgan fingerprint density at radius 1 is 1.29 bits per heavy atom. The lowest BCUT2D eigenvalue weighted by molar-refractivity contribution is -0.131. The number of carbonyl (C=O) groups excluding carboxylic acids is 2. The van der Waals surface area contributed by atoms with Gasteiger partial charge < -0.3 is 10.1 Å². The van der Waals surface area contributed by atoms with Crippen LogP contribution in [0.2, 0.25) is 0 Å². The molecule has 108 valence electrons. The van der Waals surface area contributed by atoms with Gasteiger partial charge in [-0.15, -0.1) is 0 Å². The molecular formula is C15H13BrN2O3. The highest BCUT2D eigenvalue weighted by atomic mass is 79.9. The maximum atomic E-state index is 11.9. The number of benzene rings is 1. The van der Waals surface area contributed by atoms with E-state index < -0.39 is 5.97 Å². The van der Waals surface area contributed by atoms with Crippen LogP contribution in [0.3, 0.4) is 0 Å². The normalized spacial score (nSPS) is 10.0. The van der Waals surface area contributed by atoms with Crippen LogP contribution < -0.4 is 10.1 Å². The third kappa shape index (κ3) is 4.39. The first-order chi connectivity index (χ1) is 10.1. The average molecular weight is 349 g/mol. The van der Waals surface area contributed by atoms with Gasteiger partial charge in [-0.3, -0.25) is 14.6 Å². The first-order valence-corrected chi connectivity index (χ1v) is 7.01. The van der Waals surface area contributed by atoms with Gasteiger partial charge in [0.15, 0.2) is 0 Å². The number of esters is 1. The molecular weight excluding hydrogens is 336 g/mol. The van der Waals surface area contributed by atoms with Crippen LogP contribution in [0.15, 0.2) is 47.1 Å². The quantitative estimate of drug-likeness (QED) is 0.681. The van der Waals surface area contributed by atoms with Crippen molar-refractivity contribution >= 4 is 27.8 Å². The number of pyridine rings is 1. The van der Waals surface area contributed by atoms with Crippen LogP contribution in [0, 0.1) is 0 Å². The molecule has 5 nitrogen and oxygen atoms in total. The van der Waals surface area contributed by atoms with Crippen LogP contribution in [-0.2, 0) is 11.3 Å². The highest BCUT2D eigenvalue weighted by Gasteiger charge is 2.10. The molecule has 0 atom stereocenters. The Labute approximate surface area is 130 Å². The zero-order valence-electron chi connectivity index (χ0n) is 11.3. The van der Waals surface area contributed by atoms with E-state index in [1.165, 1.54) is 6.92 Å². The molecule has 0 radical (unpaired) electrons. The van der Waals surface area contributed by atoms with Gasteiger partial charge in [0.2, 0.25) is 0 Å². The number of rotatable bonds is 4. The van der Waals surface area contributed by atoms with Crippen molar-refractivity contribution in [3.05, 3.63) is 58.3 Å². The Balaban J connectivity index is 2.09. The molecule has 2 aromatic rings. The summed E-state index contributed by atoms with van der Waals surface area (Å²) < 4.78 is 5.92. The molecule has 0 saturated carbocycles. The topological polar surface area (TPSA) is 68.3 Å². The van der Waals surface area contributed by atoms with E-state index in [0.29, 0.717) is 17.0 Å². The molecule has 0 bridgehead atoms. The minimum absolute atomic E-state index is 0.241. The largest absolute Gasteiger partial charge is 0.426 e. The first-order valence-electron chi connectivity index (χ1n) is 6.22. The third-order valence-corrected chi connectivity index (χ3v) is 3.11. The van der Waals surface area contributed by atoms with Gasteiger partial charge in [0, 0.05) is 29.7 Å². The second-order valence-corrected chi connectivity index (χ2v) is 5.16. The van der Waals surface area contributed by atoms with Crippen molar-refractivity contribution in [2.24, 2.45) is 0 Å². The molecule has 1 aromatic heterocycles. The van der Waals surface area contributed by atoms with Gasteiger partial charge in [0.1, 0.15) is 11.4 Å². The molecule has 1 heterocycles. The molecule has 1 aromatic carbocycles. The monoisotopic (exact) mass is 348 g/mol. The van der Waals surface area contributed by atoms with Gasteiger partial charge >= 0.3 is 5.97 Å². The number of aromatic nitrogens is 1. The number of halogens is 1. The summed E-state index contributed by atoms with van der Waals surface area (Å²) >= 11 is 3.31. The second-order valence-electron chi connectivity index (χ2n) is 4.24. The standard InChI is InChI=1S/C15H13BrN2O3/c1-10(19)21-14-8-12(16)6-5-11(14)9-18-15(20)13-4-2-3-7-17-13/h2-8H,9H2,1H3,(H,18,20). The molecule has 0 aliphatic rings. The number of hydrogen-bond acceptors (Lipinski definition) is 4. The van der Waals surface area contributed by atoms with Crippen LogP contribution in [0.4, 0.5) is 0 Å². The van der Waals surface area contributed by atoms with E-state index in [0.717, 1.165) is 4.47 Å². The summed E-state index contributed by atoms with van der Waals surface area (Å²) in [7, 11) is 0. The number of ether oxygens (including phenoxy) is 1. The Kier molecular flexibility index (Phi) is 5.05. The van der Waals surface area contributed by atoms with Crippen LogP contribution in [0.5, 0.6) is 5.75 Å². The lowest BCUT2D eigenvalue weighted by Gasteiger charge is -2.10. The summed E-state index contributed by atoms with van der Waals surface area (Å²) in [5.41, 5.74) is 1.04. The summed E-state index contributed by atoms with van der Waals surface area (Å²) in [6.07, 6.45) is 1.55. The molecule has 0 aliphatic heterocycles. The van der Waals surface area contributed by atoms with Crippen molar-refractivity contribution in [2.45, 2.75) is 13.5 Å². The first kappa shape index (κ1) is 15.2. The SMILES string of the molecule is CC(=O)Oc1cc(Br)ccc1CNC(=O)c1ccccn1. The number of nitrogens with zero attached hydrogens (tertiary/aromatic N) is 1. The molecule has 1 N–H and O–H groups in total. The molecule has 0 aliphatic carbocycles. The van der Waals surface area contributed by atoms with Crippen LogP contribution >= 0.6 is 15.9 Å². The van der Waals surface area contributed by atoms with Crippen molar-refractivity contribution in [3.8, 4) is 5.75 Å². The van der Waals surface area contributed by atoms with Crippen molar-refractivity contribution in [1.29, 1.82) is 0 Å². The molecule has 0 unspecified atom stereocenters. The lowest BCUT2D eigenvalue weighted by Crippen LogP contribution is -2.24. The lowest BCUT2D eigenvalue weighted by atomic mass is 10.2. The van der Waals surface area contributed by atoms with E-state index in [1.54, 1.807) is 36.5 Å². The molecule has 6 heteroatoms. The molecule has 0 fully saturated rings. The zero-order chi connectivity index (χ0) is 15.2. The van der Waals surface area contributed by atoms with Crippen molar-refractivity contribution < 1.29 is 14.3 Å². The molecule has 1 amide bonds. The van der Waals surface area contributed by atoms with Crippen molar-refractivity contribution in [3.63, 3.8) is 0 Å². The fourth-order valence-corrected chi connectivity index (χ4v) is 2.03. The molecule has 0 spiro atoms. The Hall–Kier alpha value is -2.21. The van der Waals surface area contributed by atoms with Gasteiger partial charge in [-0.25, -0.2) is 0 Å². The minimum Gasteiger partial charge on any atom is -0.426 e. The summed E-state index contributed by atoms with van der Waals surface area (Å²) in [6, 6.07) is 10.4.